The molecule has 1 aromatic carbocycles. The summed E-state index contributed by atoms with van der Waals surface area (Å²) >= 11 is 0. The number of furan rings is 1. The Labute approximate surface area is 138 Å². The summed E-state index contributed by atoms with van der Waals surface area (Å²) in [6, 6.07) is 10.1. The Morgan fingerprint density at radius 1 is 1.21 bits per heavy atom. The molecule has 1 aromatic heterocycles. The highest BCUT2D eigenvalue weighted by molar-refractivity contribution is 5.89. The van der Waals surface area contributed by atoms with Gasteiger partial charge < -0.3 is 9.32 Å². The molecule has 2 rings (SSSR count). The first-order valence-corrected chi connectivity index (χ1v) is 7.53. The number of alkyl halides is 3. The summed E-state index contributed by atoms with van der Waals surface area (Å²) < 4.78 is 44.1. The number of hydrogen-bond donors (Lipinski definition) is 0. The quantitative estimate of drug-likeness (QED) is 0.705. The van der Waals surface area contributed by atoms with Crippen LogP contribution in [0.4, 0.5) is 19.1 Å². The second kappa shape index (κ2) is 7.26. The van der Waals surface area contributed by atoms with Gasteiger partial charge in [-0.05, 0) is 43.7 Å². The van der Waals surface area contributed by atoms with Crippen LogP contribution in [0.2, 0.25) is 0 Å². The summed E-state index contributed by atoms with van der Waals surface area (Å²) in [5.74, 6) is 1.08. The molecule has 2 aromatic rings. The normalized spacial score (nSPS) is 12.1. The molecule has 6 heteroatoms. The molecule has 0 aliphatic carbocycles. The Bertz CT molecular complexity index is 765. The van der Waals surface area contributed by atoms with Crippen LogP contribution in [-0.4, -0.2) is 13.1 Å². The Balaban J connectivity index is 2.36. The Kier molecular flexibility index (Phi) is 5.35. The van der Waals surface area contributed by atoms with Gasteiger partial charge in [-0.3, -0.25) is 0 Å². The molecule has 126 valence electrons. The number of hydrogen-bond acceptors (Lipinski definition) is 3. The summed E-state index contributed by atoms with van der Waals surface area (Å²) in [6.07, 6.45) is -3.00. The van der Waals surface area contributed by atoms with Gasteiger partial charge in [-0.25, -0.2) is 0 Å². The van der Waals surface area contributed by atoms with Gasteiger partial charge in [0.1, 0.15) is 5.76 Å². The highest BCUT2D eigenvalue weighted by atomic mass is 19.4. The van der Waals surface area contributed by atoms with Gasteiger partial charge in [0.15, 0.2) is 5.88 Å². The molecule has 0 atom stereocenters. The Morgan fingerprint density at radius 3 is 2.50 bits per heavy atom. The first-order valence-electron chi connectivity index (χ1n) is 7.53. The van der Waals surface area contributed by atoms with E-state index in [1.54, 1.807) is 12.1 Å². The zero-order chi connectivity index (χ0) is 17.7. The second-order valence-corrected chi connectivity index (χ2v) is 5.10. The molecular formula is C18H17F3N2O. The fraction of sp³-hybridized carbons (Fsp3) is 0.278. The van der Waals surface area contributed by atoms with Crippen molar-refractivity contribution in [3.8, 4) is 6.07 Å². The molecule has 0 amide bonds. The monoisotopic (exact) mass is 334 g/mol. The lowest BCUT2D eigenvalue weighted by Gasteiger charge is -2.16. The SMILES string of the molecule is CCN(CC)c1ccc(C=C(C#N)c2cccc(C(F)(F)F)c2)o1. The second-order valence-electron chi connectivity index (χ2n) is 5.10. The number of nitrogens with zero attached hydrogens (tertiary/aromatic N) is 2. The first kappa shape index (κ1) is 17.7. The Hall–Kier alpha value is -2.68. The van der Waals surface area contributed by atoms with Gasteiger partial charge in [0.05, 0.1) is 17.2 Å². The standard InChI is InChI=1S/C18H17F3N2O/c1-3-23(4-2)17-9-8-16(24-17)11-14(12-22)13-6-5-7-15(10-13)18(19,20)21/h5-11H,3-4H2,1-2H3. The third-order valence-corrected chi connectivity index (χ3v) is 3.60. The van der Waals surface area contributed by atoms with E-state index in [0.29, 0.717) is 11.6 Å². The van der Waals surface area contributed by atoms with Gasteiger partial charge in [-0.2, -0.15) is 18.4 Å². The van der Waals surface area contributed by atoms with Gasteiger partial charge in [0.25, 0.3) is 0 Å². The lowest BCUT2D eigenvalue weighted by atomic mass is 10.0. The number of rotatable bonds is 5. The van der Waals surface area contributed by atoms with Crippen LogP contribution < -0.4 is 4.90 Å². The van der Waals surface area contributed by atoms with Crippen molar-refractivity contribution >= 4 is 17.5 Å². The number of halogens is 3. The molecule has 24 heavy (non-hydrogen) atoms. The van der Waals surface area contributed by atoms with Gasteiger partial charge >= 0.3 is 6.18 Å². The van der Waals surface area contributed by atoms with E-state index in [2.05, 4.69) is 0 Å². The molecule has 0 saturated heterocycles. The summed E-state index contributed by atoms with van der Waals surface area (Å²) in [5, 5.41) is 9.29. The molecule has 0 spiro atoms. The van der Waals surface area contributed by atoms with Crippen LogP contribution in [0.15, 0.2) is 40.8 Å². The highest BCUT2D eigenvalue weighted by Gasteiger charge is 2.30. The van der Waals surface area contributed by atoms with E-state index in [1.165, 1.54) is 18.2 Å². The minimum absolute atomic E-state index is 0.113. The smallest absolute Gasteiger partial charge is 0.416 e. The van der Waals surface area contributed by atoms with Crippen LogP contribution >= 0.6 is 0 Å². The first-order chi connectivity index (χ1) is 11.4. The summed E-state index contributed by atoms with van der Waals surface area (Å²) in [4.78, 5) is 1.99. The van der Waals surface area contributed by atoms with Crippen molar-refractivity contribution in [1.29, 1.82) is 5.26 Å². The lowest BCUT2D eigenvalue weighted by molar-refractivity contribution is -0.137. The lowest BCUT2D eigenvalue weighted by Crippen LogP contribution is -2.20. The van der Waals surface area contributed by atoms with E-state index in [9.17, 15) is 18.4 Å². The maximum absolute atomic E-state index is 12.8. The van der Waals surface area contributed by atoms with Crippen molar-refractivity contribution in [2.75, 3.05) is 18.0 Å². The molecule has 0 aliphatic heterocycles. The molecule has 0 bridgehead atoms. The molecule has 0 fully saturated rings. The Morgan fingerprint density at radius 2 is 1.92 bits per heavy atom. The number of allylic oxidation sites excluding steroid dienone is 1. The summed E-state index contributed by atoms with van der Waals surface area (Å²) in [6.45, 7) is 5.52. The molecule has 0 unspecified atom stereocenters. The van der Waals surface area contributed by atoms with Crippen LogP contribution in [0.3, 0.4) is 0 Å². The number of nitriles is 1. The summed E-state index contributed by atoms with van der Waals surface area (Å²) in [7, 11) is 0. The molecule has 0 radical (unpaired) electrons. The van der Waals surface area contributed by atoms with Crippen LogP contribution in [0.5, 0.6) is 0 Å². The molecule has 0 saturated carbocycles. The van der Waals surface area contributed by atoms with E-state index in [1.807, 2.05) is 24.8 Å². The van der Waals surface area contributed by atoms with Crippen LogP contribution in [0, 0.1) is 11.3 Å². The van der Waals surface area contributed by atoms with Crippen LogP contribution in [0.1, 0.15) is 30.7 Å². The predicted molar refractivity (Wildman–Crippen MR) is 87.2 cm³/mol. The van der Waals surface area contributed by atoms with Crippen molar-refractivity contribution in [2.45, 2.75) is 20.0 Å². The van der Waals surface area contributed by atoms with Gasteiger partial charge in [-0.1, -0.05) is 12.1 Å². The number of anilines is 1. The maximum atomic E-state index is 12.8. The maximum Gasteiger partial charge on any atom is 0.416 e. The van der Waals surface area contributed by atoms with Gasteiger partial charge in [-0.15, -0.1) is 0 Å². The zero-order valence-electron chi connectivity index (χ0n) is 13.4. The average molecular weight is 334 g/mol. The van der Waals surface area contributed by atoms with Crippen LogP contribution in [-0.2, 0) is 6.18 Å². The zero-order valence-corrected chi connectivity index (χ0v) is 13.4. The van der Waals surface area contributed by atoms with E-state index >= 15 is 0 Å². The van der Waals surface area contributed by atoms with E-state index in [4.69, 9.17) is 4.42 Å². The van der Waals surface area contributed by atoms with Crippen molar-refractivity contribution in [2.24, 2.45) is 0 Å². The van der Waals surface area contributed by atoms with Crippen molar-refractivity contribution in [3.63, 3.8) is 0 Å². The van der Waals surface area contributed by atoms with E-state index in [0.717, 1.165) is 25.2 Å². The minimum Gasteiger partial charge on any atom is -0.441 e. The highest BCUT2D eigenvalue weighted by Crippen LogP contribution is 2.31. The van der Waals surface area contributed by atoms with Crippen molar-refractivity contribution in [3.05, 3.63) is 53.3 Å². The van der Waals surface area contributed by atoms with E-state index in [-0.39, 0.29) is 11.1 Å². The number of benzene rings is 1. The van der Waals surface area contributed by atoms with Gasteiger partial charge in [0.2, 0.25) is 0 Å². The van der Waals surface area contributed by atoms with E-state index < -0.39 is 11.7 Å². The largest absolute Gasteiger partial charge is 0.441 e. The molecule has 0 aliphatic rings. The fourth-order valence-corrected chi connectivity index (χ4v) is 2.31. The van der Waals surface area contributed by atoms with Gasteiger partial charge in [0, 0.05) is 19.2 Å². The molecule has 0 N–H and O–H groups in total. The topological polar surface area (TPSA) is 40.2 Å². The predicted octanol–water partition coefficient (Wildman–Crippen LogP) is 5.21. The molecule has 1 heterocycles. The van der Waals surface area contributed by atoms with Crippen molar-refractivity contribution in [1.82, 2.24) is 0 Å². The summed E-state index contributed by atoms with van der Waals surface area (Å²) in [5.41, 5.74) is -0.473. The fourth-order valence-electron chi connectivity index (χ4n) is 2.31. The average Bonchev–Trinajstić information content (AvgIpc) is 3.01. The third-order valence-electron chi connectivity index (χ3n) is 3.60. The molecular weight excluding hydrogens is 317 g/mol. The molecule has 3 nitrogen and oxygen atoms in total. The van der Waals surface area contributed by atoms with Crippen molar-refractivity contribution < 1.29 is 17.6 Å². The third kappa shape index (κ3) is 3.99. The minimum atomic E-state index is -4.45. The van der Waals surface area contributed by atoms with Crippen LogP contribution in [0.25, 0.3) is 11.6 Å².